The summed E-state index contributed by atoms with van der Waals surface area (Å²) in [7, 11) is 1.75. The molecule has 0 radical (unpaired) electrons. The van der Waals surface area contributed by atoms with Gasteiger partial charge in [-0.05, 0) is 48.7 Å². The lowest BCUT2D eigenvalue weighted by Gasteiger charge is -2.19. The van der Waals surface area contributed by atoms with Crippen LogP contribution < -0.4 is 15.5 Å². The normalized spacial score (nSPS) is 21.7. The predicted octanol–water partition coefficient (Wildman–Crippen LogP) is 4.82. The number of hydrogen-bond acceptors (Lipinski definition) is 3. The Kier molecular flexibility index (Phi) is 7.33. The number of fused-ring (bicyclic) bond motifs is 1. The zero-order valence-corrected chi connectivity index (χ0v) is 19.2. The molecule has 0 aliphatic carbocycles. The Balaban J connectivity index is 1.24. The van der Waals surface area contributed by atoms with Crippen molar-refractivity contribution in [2.24, 2.45) is 0 Å². The number of amides is 3. The average molecular weight is 472 g/mol. The Morgan fingerprint density at radius 2 is 1.82 bits per heavy atom. The van der Waals surface area contributed by atoms with Gasteiger partial charge in [0.15, 0.2) is 0 Å². The predicted molar refractivity (Wildman–Crippen MR) is 129 cm³/mol. The van der Waals surface area contributed by atoms with Crippen LogP contribution in [0.4, 0.5) is 19.3 Å². The number of urea groups is 1. The molecular formula is C25H27F2N3O2S. The van der Waals surface area contributed by atoms with E-state index in [1.165, 1.54) is 24.3 Å². The van der Waals surface area contributed by atoms with Gasteiger partial charge in [-0.3, -0.25) is 4.79 Å². The molecule has 2 N–H and O–H groups in total. The summed E-state index contributed by atoms with van der Waals surface area (Å²) >= 11 is 1.88. The average Bonchev–Trinajstić information content (AvgIpc) is 3.35. The van der Waals surface area contributed by atoms with Gasteiger partial charge in [-0.25, -0.2) is 13.6 Å². The van der Waals surface area contributed by atoms with Crippen molar-refractivity contribution >= 4 is 41.5 Å². The standard InChI is InChI=1S/C25H27F2N3O2S/c1-30(23(31)8-3-2-7-22-24-21(15-33-22)28-25(32)29-24)17-12-9-16(10-13-17)11-14-18-19(26)5-4-6-20(18)27/h4-6,9-14,21-22,24H,2-3,7-8,15H2,1H3,(H2,28,29,32). The minimum atomic E-state index is -0.607. The van der Waals surface area contributed by atoms with E-state index < -0.39 is 11.6 Å². The number of unbranched alkanes of at least 4 members (excludes halogenated alkanes) is 1. The first-order chi connectivity index (χ1) is 15.9. The summed E-state index contributed by atoms with van der Waals surface area (Å²) in [5.41, 5.74) is 1.47. The summed E-state index contributed by atoms with van der Waals surface area (Å²) in [5, 5.41) is 6.34. The fourth-order valence-electron chi connectivity index (χ4n) is 4.23. The third-order valence-electron chi connectivity index (χ3n) is 6.16. The maximum atomic E-state index is 13.7. The lowest BCUT2D eigenvalue weighted by Crippen LogP contribution is -2.36. The summed E-state index contributed by atoms with van der Waals surface area (Å²) < 4.78 is 27.5. The molecule has 0 saturated carbocycles. The highest BCUT2D eigenvalue weighted by Crippen LogP contribution is 2.33. The van der Waals surface area contributed by atoms with Gasteiger partial charge in [0.05, 0.1) is 12.1 Å². The second-order valence-electron chi connectivity index (χ2n) is 8.38. The van der Waals surface area contributed by atoms with E-state index in [9.17, 15) is 18.4 Å². The van der Waals surface area contributed by atoms with Gasteiger partial charge in [0, 0.05) is 35.7 Å². The molecule has 2 aliphatic heterocycles. The van der Waals surface area contributed by atoms with Crippen LogP contribution in [0.1, 0.15) is 36.8 Å². The van der Waals surface area contributed by atoms with Crippen LogP contribution in [-0.2, 0) is 4.79 Å². The van der Waals surface area contributed by atoms with E-state index in [-0.39, 0.29) is 29.6 Å². The number of nitrogens with one attached hydrogen (secondary N) is 2. The first kappa shape index (κ1) is 23.3. The van der Waals surface area contributed by atoms with Gasteiger partial charge in [0.2, 0.25) is 5.91 Å². The van der Waals surface area contributed by atoms with Gasteiger partial charge in [-0.2, -0.15) is 11.8 Å². The molecule has 2 fully saturated rings. The quantitative estimate of drug-likeness (QED) is 0.330. The number of carbonyl (C=O) groups is 2. The first-order valence-electron chi connectivity index (χ1n) is 11.1. The number of hydrogen-bond donors (Lipinski definition) is 2. The summed E-state index contributed by atoms with van der Waals surface area (Å²) in [6.45, 7) is 0. The van der Waals surface area contributed by atoms with Gasteiger partial charge >= 0.3 is 6.03 Å². The summed E-state index contributed by atoms with van der Waals surface area (Å²) in [4.78, 5) is 25.7. The van der Waals surface area contributed by atoms with Crippen LogP contribution in [0.5, 0.6) is 0 Å². The van der Waals surface area contributed by atoms with E-state index in [0.29, 0.717) is 11.7 Å². The van der Waals surface area contributed by atoms with Crippen LogP contribution in [0.15, 0.2) is 42.5 Å². The molecular weight excluding hydrogens is 444 g/mol. The molecule has 8 heteroatoms. The highest BCUT2D eigenvalue weighted by atomic mass is 32.2. The number of anilines is 1. The van der Waals surface area contributed by atoms with Gasteiger partial charge in [-0.1, -0.05) is 30.7 Å². The van der Waals surface area contributed by atoms with E-state index in [2.05, 4.69) is 10.6 Å². The highest BCUT2D eigenvalue weighted by Gasteiger charge is 2.42. The Bertz CT molecular complexity index is 1020. The summed E-state index contributed by atoms with van der Waals surface area (Å²) in [6, 6.07) is 11.4. The van der Waals surface area contributed by atoms with Crippen LogP contribution in [-0.4, -0.2) is 42.1 Å². The van der Waals surface area contributed by atoms with Gasteiger partial charge < -0.3 is 15.5 Å². The van der Waals surface area contributed by atoms with Crippen LogP contribution in [0, 0.1) is 11.6 Å². The molecule has 0 aromatic heterocycles. The van der Waals surface area contributed by atoms with Gasteiger partial charge in [-0.15, -0.1) is 0 Å². The molecule has 33 heavy (non-hydrogen) atoms. The molecule has 3 atom stereocenters. The van der Waals surface area contributed by atoms with Crippen LogP contribution in [0.25, 0.3) is 12.2 Å². The molecule has 2 heterocycles. The number of halogens is 2. The smallest absolute Gasteiger partial charge is 0.315 e. The maximum Gasteiger partial charge on any atom is 0.315 e. The van der Waals surface area contributed by atoms with Crippen molar-refractivity contribution in [1.82, 2.24) is 10.6 Å². The molecule has 2 saturated heterocycles. The van der Waals surface area contributed by atoms with E-state index in [1.54, 1.807) is 18.0 Å². The molecule has 174 valence electrons. The van der Waals surface area contributed by atoms with Crippen molar-refractivity contribution in [3.63, 3.8) is 0 Å². The number of benzene rings is 2. The lowest BCUT2D eigenvalue weighted by atomic mass is 10.0. The second kappa shape index (κ2) is 10.4. The fraction of sp³-hybridized carbons (Fsp3) is 0.360. The maximum absolute atomic E-state index is 13.7. The van der Waals surface area contributed by atoms with Crippen molar-refractivity contribution in [2.75, 3.05) is 17.7 Å². The number of nitrogens with zero attached hydrogens (tertiary/aromatic N) is 1. The monoisotopic (exact) mass is 471 g/mol. The van der Waals surface area contributed by atoms with E-state index >= 15 is 0 Å². The Labute approximate surface area is 196 Å². The molecule has 2 aliphatic rings. The fourth-order valence-corrected chi connectivity index (χ4v) is 5.78. The third-order valence-corrected chi connectivity index (χ3v) is 7.67. The van der Waals surface area contributed by atoms with Crippen molar-refractivity contribution in [1.29, 1.82) is 0 Å². The summed E-state index contributed by atoms with van der Waals surface area (Å²) in [6.07, 6.45) is 6.23. The number of rotatable bonds is 8. The Hall–Kier alpha value is -2.87. The van der Waals surface area contributed by atoms with Crippen molar-refractivity contribution in [3.05, 3.63) is 65.2 Å². The number of carbonyl (C=O) groups excluding carboxylic acids is 2. The topological polar surface area (TPSA) is 61.4 Å². The molecule has 4 rings (SSSR count). The molecule has 0 spiro atoms. The molecule has 2 aromatic rings. The first-order valence-corrected chi connectivity index (χ1v) is 12.1. The molecule has 0 bridgehead atoms. The van der Waals surface area contributed by atoms with Crippen LogP contribution >= 0.6 is 11.8 Å². The Morgan fingerprint density at radius 1 is 1.09 bits per heavy atom. The van der Waals surface area contributed by atoms with Gasteiger partial charge in [0.1, 0.15) is 11.6 Å². The summed E-state index contributed by atoms with van der Waals surface area (Å²) in [5.74, 6) is -0.233. The van der Waals surface area contributed by atoms with Crippen LogP contribution in [0.3, 0.4) is 0 Å². The van der Waals surface area contributed by atoms with Gasteiger partial charge in [0.25, 0.3) is 0 Å². The minimum absolute atomic E-state index is 0.0412. The SMILES string of the molecule is CN(C(=O)CCCCC1SCC2NC(=O)NC21)c1ccc(C=Cc2c(F)cccc2F)cc1. The van der Waals surface area contributed by atoms with Crippen molar-refractivity contribution in [2.45, 2.75) is 43.0 Å². The van der Waals surface area contributed by atoms with Crippen LogP contribution in [0.2, 0.25) is 0 Å². The molecule has 5 nitrogen and oxygen atoms in total. The molecule has 2 aromatic carbocycles. The largest absolute Gasteiger partial charge is 0.332 e. The van der Waals surface area contributed by atoms with Crippen molar-refractivity contribution < 1.29 is 18.4 Å². The third kappa shape index (κ3) is 5.55. The van der Waals surface area contributed by atoms with E-state index in [0.717, 1.165) is 36.3 Å². The second-order valence-corrected chi connectivity index (χ2v) is 9.65. The van der Waals surface area contributed by atoms with E-state index in [1.807, 2.05) is 36.0 Å². The zero-order valence-electron chi connectivity index (χ0n) is 18.4. The minimum Gasteiger partial charge on any atom is -0.332 e. The van der Waals surface area contributed by atoms with E-state index in [4.69, 9.17) is 0 Å². The molecule has 3 amide bonds. The lowest BCUT2D eigenvalue weighted by molar-refractivity contribution is -0.118. The van der Waals surface area contributed by atoms with Crippen molar-refractivity contribution in [3.8, 4) is 0 Å². The molecule has 3 unspecified atom stereocenters. The Morgan fingerprint density at radius 3 is 2.55 bits per heavy atom. The number of thioether (sulfide) groups is 1. The zero-order chi connectivity index (χ0) is 23.4. The highest BCUT2D eigenvalue weighted by molar-refractivity contribution is 8.00.